The Hall–Kier alpha value is -2.93. The molecule has 0 radical (unpaired) electrons. The maximum Gasteiger partial charge on any atom is 0.252 e. The van der Waals surface area contributed by atoms with Crippen molar-refractivity contribution in [2.45, 2.75) is 45.6 Å². The lowest BCUT2D eigenvalue weighted by molar-refractivity contribution is 0.0939. The van der Waals surface area contributed by atoms with E-state index in [-0.39, 0.29) is 17.9 Å². The number of carbonyl (C=O) groups excluding carboxylic acids is 1. The van der Waals surface area contributed by atoms with E-state index in [0.29, 0.717) is 12.1 Å². The number of hydrogen-bond donors (Lipinski definition) is 1. The Bertz CT molecular complexity index is 1100. The molecule has 1 fully saturated rings. The van der Waals surface area contributed by atoms with Gasteiger partial charge in [-0.05, 0) is 62.5 Å². The number of likely N-dealkylation sites (tertiary alicyclic amines) is 1. The Morgan fingerprint density at radius 1 is 1.19 bits per heavy atom. The fourth-order valence-corrected chi connectivity index (χ4v) is 4.56. The molecular weight excluding hydrogens is 402 g/mol. The molecule has 1 N–H and O–H groups in total. The Labute approximate surface area is 189 Å². The van der Waals surface area contributed by atoms with Gasteiger partial charge in [-0.2, -0.15) is 5.10 Å². The highest BCUT2D eigenvalue weighted by Crippen LogP contribution is 2.28. The minimum Gasteiger partial charge on any atom is -0.497 e. The van der Waals surface area contributed by atoms with Gasteiger partial charge in [-0.25, -0.2) is 4.98 Å². The number of hydrogen-bond acceptors (Lipinski definition) is 5. The SMILES string of the molecule is COc1ccc([C@@H](CNC(=O)c2cc(C(C)C)nc3c2c(C)nn3C)N2CCCC2)cc1. The van der Waals surface area contributed by atoms with Crippen LogP contribution in [0.3, 0.4) is 0 Å². The van der Waals surface area contributed by atoms with E-state index >= 15 is 0 Å². The van der Waals surface area contributed by atoms with Crippen molar-refractivity contribution in [2.24, 2.45) is 7.05 Å². The van der Waals surface area contributed by atoms with Gasteiger partial charge in [0.15, 0.2) is 5.65 Å². The molecule has 170 valence electrons. The van der Waals surface area contributed by atoms with Crippen LogP contribution in [0.2, 0.25) is 0 Å². The number of amides is 1. The molecule has 2 aromatic heterocycles. The molecule has 1 atom stereocenters. The van der Waals surface area contributed by atoms with Crippen LogP contribution >= 0.6 is 0 Å². The first-order valence-corrected chi connectivity index (χ1v) is 11.4. The van der Waals surface area contributed by atoms with Crippen LogP contribution < -0.4 is 10.1 Å². The monoisotopic (exact) mass is 435 g/mol. The van der Waals surface area contributed by atoms with E-state index in [2.05, 4.69) is 41.3 Å². The van der Waals surface area contributed by atoms with Crippen LogP contribution in [0.15, 0.2) is 30.3 Å². The van der Waals surface area contributed by atoms with Crippen molar-refractivity contribution in [1.82, 2.24) is 25.0 Å². The first kappa shape index (κ1) is 22.3. The number of fused-ring (bicyclic) bond motifs is 1. The first-order chi connectivity index (χ1) is 15.4. The molecule has 7 heteroatoms. The molecule has 7 nitrogen and oxygen atoms in total. The zero-order chi connectivity index (χ0) is 22.8. The van der Waals surface area contributed by atoms with Crippen LogP contribution in [0.1, 0.15) is 66.0 Å². The van der Waals surface area contributed by atoms with Gasteiger partial charge in [0.1, 0.15) is 5.75 Å². The molecule has 0 spiro atoms. The lowest BCUT2D eigenvalue weighted by atomic mass is 10.0. The van der Waals surface area contributed by atoms with E-state index in [1.807, 2.05) is 32.2 Å². The van der Waals surface area contributed by atoms with Gasteiger partial charge in [0.25, 0.3) is 5.91 Å². The van der Waals surface area contributed by atoms with Gasteiger partial charge in [-0.1, -0.05) is 26.0 Å². The van der Waals surface area contributed by atoms with Crippen LogP contribution in [-0.2, 0) is 7.05 Å². The molecule has 4 rings (SSSR count). The largest absolute Gasteiger partial charge is 0.497 e. The number of nitrogens with one attached hydrogen (secondary N) is 1. The van der Waals surface area contributed by atoms with Crippen molar-refractivity contribution in [2.75, 3.05) is 26.7 Å². The highest BCUT2D eigenvalue weighted by molar-refractivity contribution is 6.06. The van der Waals surface area contributed by atoms with Crippen LogP contribution in [0.5, 0.6) is 5.75 Å². The van der Waals surface area contributed by atoms with Crippen LogP contribution in [0.4, 0.5) is 0 Å². The van der Waals surface area contributed by atoms with Crippen molar-refractivity contribution in [3.63, 3.8) is 0 Å². The summed E-state index contributed by atoms with van der Waals surface area (Å²) >= 11 is 0. The normalized spacial score (nSPS) is 15.4. The third-order valence-corrected chi connectivity index (χ3v) is 6.36. The summed E-state index contributed by atoms with van der Waals surface area (Å²) in [7, 11) is 3.55. The molecule has 1 amide bonds. The maximum atomic E-state index is 13.4. The second kappa shape index (κ2) is 9.28. The number of aromatic nitrogens is 3. The van der Waals surface area contributed by atoms with E-state index in [9.17, 15) is 4.79 Å². The lowest BCUT2D eigenvalue weighted by Crippen LogP contribution is -2.37. The second-order valence-electron chi connectivity index (χ2n) is 8.90. The molecule has 0 saturated carbocycles. The summed E-state index contributed by atoms with van der Waals surface area (Å²) in [4.78, 5) is 20.6. The molecule has 1 aromatic carbocycles. The summed E-state index contributed by atoms with van der Waals surface area (Å²) in [5.41, 5.74) is 4.32. The number of rotatable bonds is 7. The molecule has 1 aliphatic heterocycles. The van der Waals surface area contributed by atoms with Gasteiger partial charge >= 0.3 is 0 Å². The van der Waals surface area contributed by atoms with Crippen molar-refractivity contribution < 1.29 is 9.53 Å². The van der Waals surface area contributed by atoms with Crippen molar-refractivity contribution >= 4 is 16.9 Å². The molecule has 1 aliphatic rings. The second-order valence-corrected chi connectivity index (χ2v) is 8.90. The third kappa shape index (κ3) is 4.35. The van der Waals surface area contributed by atoms with Gasteiger partial charge < -0.3 is 10.1 Å². The summed E-state index contributed by atoms with van der Waals surface area (Å²) in [6, 6.07) is 10.2. The summed E-state index contributed by atoms with van der Waals surface area (Å²) in [5.74, 6) is 0.983. The highest BCUT2D eigenvalue weighted by Gasteiger charge is 2.25. The number of nitrogens with zero attached hydrogens (tertiary/aromatic N) is 4. The topological polar surface area (TPSA) is 72.3 Å². The Morgan fingerprint density at radius 2 is 1.88 bits per heavy atom. The molecule has 0 unspecified atom stereocenters. The number of aryl methyl sites for hydroxylation is 2. The van der Waals surface area contributed by atoms with E-state index in [0.717, 1.165) is 41.3 Å². The van der Waals surface area contributed by atoms with Gasteiger partial charge in [0.05, 0.1) is 29.8 Å². The van der Waals surface area contributed by atoms with Gasteiger partial charge in [-0.15, -0.1) is 0 Å². The quantitative estimate of drug-likeness (QED) is 0.608. The fourth-order valence-electron chi connectivity index (χ4n) is 4.56. The molecule has 3 aromatic rings. The van der Waals surface area contributed by atoms with E-state index < -0.39 is 0 Å². The number of carbonyl (C=O) groups is 1. The molecule has 0 bridgehead atoms. The van der Waals surface area contributed by atoms with Crippen LogP contribution in [-0.4, -0.2) is 52.3 Å². The van der Waals surface area contributed by atoms with Crippen molar-refractivity contribution in [3.8, 4) is 5.75 Å². The summed E-state index contributed by atoms with van der Waals surface area (Å²) in [6.07, 6.45) is 2.39. The van der Waals surface area contributed by atoms with E-state index in [1.165, 1.54) is 18.4 Å². The molecular formula is C25H33N5O2. The lowest BCUT2D eigenvalue weighted by Gasteiger charge is -2.28. The molecule has 0 aliphatic carbocycles. The molecule has 3 heterocycles. The average Bonchev–Trinajstić information content (AvgIpc) is 3.42. The van der Waals surface area contributed by atoms with Gasteiger partial charge in [0.2, 0.25) is 0 Å². The van der Waals surface area contributed by atoms with Crippen molar-refractivity contribution in [1.29, 1.82) is 0 Å². The Morgan fingerprint density at radius 3 is 2.50 bits per heavy atom. The van der Waals surface area contributed by atoms with Crippen molar-refractivity contribution in [3.05, 3.63) is 52.8 Å². The number of benzene rings is 1. The summed E-state index contributed by atoms with van der Waals surface area (Å²) < 4.78 is 7.08. The predicted octanol–water partition coefficient (Wildman–Crippen LogP) is 3.98. The highest BCUT2D eigenvalue weighted by atomic mass is 16.5. The number of pyridine rings is 1. The maximum absolute atomic E-state index is 13.4. The zero-order valence-corrected chi connectivity index (χ0v) is 19.7. The summed E-state index contributed by atoms with van der Waals surface area (Å²) in [5, 5.41) is 8.56. The molecule has 1 saturated heterocycles. The van der Waals surface area contributed by atoms with Gasteiger partial charge in [-0.3, -0.25) is 14.4 Å². The average molecular weight is 436 g/mol. The minimum absolute atomic E-state index is 0.0758. The standard InChI is InChI=1S/C25H33N5O2/c1-16(2)21-14-20(23-17(3)28-29(4)24(23)27-21)25(31)26-15-22(30-12-6-7-13-30)18-8-10-19(32-5)11-9-18/h8-11,14,16,22H,6-7,12-13,15H2,1-5H3,(H,26,31)/t22-/m1/s1. The smallest absolute Gasteiger partial charge is 0.252 e. The third-order valence-electron chi connectivity index (χ3n) is 6.36. The van der Waals surface area contributed by atoms with E-state index in [1.54, 1.807) is 11.8 Å². The predicted molar refractivity (Wildman–Crippen MR) is 126 cm³/mol. The molecule has 32 heavy (non-hydrogen) atoms. The van der Waals surface area contributed by atoms with E-state index in [4.69, 9.17) is 9.72 Å². The zero-order valence-electron chi connectivity index (χ0n) is 19.7. The van der Waals surface area contributed by atoms with Gasteiger partial charge in [0, 0.05) is 19.3 Å². The fraction of sp³-hybridized carbons (Fsp3) is 0.480. The number of methoxy groups -OCH3 is 1. The Kier molecular flexibility index (Phi) is 6.46. The summed E-state index contributed by atoms with van der Waals surface area (Å²) in [6.45, 7) is 8.75. The van der Waals surface area contributed by atoms with Crippen LogP contribution in [0.25, 0.3) is 11.0 Å². The number of ether oxygens (including phenoxy) is 1. The first-order valence-electron chi connectivity index (χ1n) is 11.4. The minimum atomic E-state index is -0.0758. The van der Waals surface area contributed by atoms with Crippen LogP contribution in [0, 0.1) is 6.92 Å². The Balaban J connectivity index is 1.62.